The van der Waals surface area contributed by atoms with Crippen molar-refractivity contribution < 1.29 is 27.5 Å². The van der Waals surface area contributed by atoms with Crippen LogP contribution in [0.15, 0.2) is 66.9 Å². The summed E-state index contributed by atoms with van der Waals surface area (Å²) < 4.78 is 43.8. The smallest absolute Gasteiger partial charge is 0.416 e. The molecule has 1 aromatic heterocycles. The third-order valence-corrected chi connectivity index (χ3v) is 7.20. The van der Waals surface area contributed by atoms with Crippen molar-refractivity contribution in [2.75, 3.05) is 13.1 Å². The van der Waals surface area contributed by atoms with Crippen LogP contribution in [0.4, 0.5) is 13.2 Å². The maximum absolute atomic E-state index is 13.0. The first-order valence-corrected chi connectivity index (χ1v) is 12.1. The van der Waals surface area contributed by atoms with Crippen molar-refractivity contribution in [1.82, 2.24) is 15.2 Å². The van der Waals surface area contributed by atoms with Crippen molar-refractivity contribution in [3.8, 4) is 11.5 Å². The topological polar surface area (TPSA) is 71.5 Å². The van der Waals surface area contributed by atoms with Crippen molar-refractivity contribution in [2.45, 2.75) is 38.4 Å². The Labute approximate surface area is 212 Å². The number of aryl methyl sites for hydroxylation is 1. The van der Waals surface area contributed by atoms with Gasteiger partial charge < -0.3 is 15.0 Å². The molecular formula is C28H26F3N3O3. The lowest BCUT2D eigenvalue weighted by atomic mass is 9.92. The molecule has 1 aliphatic carbocycles. The lowest BCUT2D eigenvalue weighted by Crippen LogP contribution is -2.41. The van der Waals surface area contributed by atoms with E-state index >= 15 is 0 Å². The van der Waals surface area contributed by atoms with Crippen molar-refractivity contribution >= 4 is 11.8 Å². The van der Waals surface area contributed by atoms with Gasteiger partial charge in [0.15, 0.2) is 0 Å². The number of hydrogen-bond donors (Lipinski definition) is 1. The summed E-state index contributed by atoms with van der Waals surface area (Å²) in [6.07, 6.45) is -0.181. The molecule has 1 saturated heterocycles. The first-order chi connectivity index (χ1) is 17.6. The molecular weight excluding hydrogens is 483 g/mol. The number of halogens is 3. The molecule has 9 heteroatoms. The van der Waals surface area contributed by atoms with Gasteiger partial charge >= 0.3 is 6.18 Å². The number of aromatic nitrogens is 1. The molecule has 1 spiro atoms. The number of alkyl halides is 3. The second-order valence-corrected chi connectivity index (χ2v) is 9.75. The minimum Gasteiger partial charge on any atom is -0.457 e. The van der Waals surface area contributed by atoms with E-state index in [-0.39, 0.29) is 29.0 Å². The molecule has 1 atom stereocenters. The van der Waals surface area contributed by atoms with Crippen LogP contribution in [0.2, 0.25) is 0 Å². The molecule has 1 N–H and O–H groups in total. The number of pyridine rings is 1. The first kappa shape index (κ1) is 24.8. The van der Waals surface area contributed by atoms with Gasteiger partial charge in [-0.2, -0.15) is 13.2 Å². The normalized spacial score (nSPS) is 18.4. The minimum atomic E-state index is -4.40. The zero-order valence-electron chi connectivity index (χ0n) is 20.2. The molecule has 192 valence electrons. The lowest BCUT2D eigenvalue weighted by Gasteiger charge is -2.33. The highest BCUT2D eigenvalue weighted by Gasteiger charge is 2.56. The summed E-state index contributed by atoms with van der Waals surface area (Å²) in [5, 5.41) is 3.09. The molecule has 6 nitrogen and oxygen atoms in total. The number of rotatable bonds is 5. The van der Waals surface area contributed by atoms with E-state index in [0.717, 1.165) is 37.0 Å². The van der Waals surface area contributed by atoms with Gasteiger partial charge in [0.25, 0.3) is 11.8 Å². The van der Waals surface area contributed by atoms with E-state index in [2.05, 4.69) is 10.3 Å². The van der Waals surface area contributed by atoms with Gasteiger partial charge in [0.2, 0.25) is 0 Å². The van der Waals surface area contributed by atoms with Crippen molar-refractivity contribution in [2.24, 2.45) is 5.41 Å². The fourth-order valence-electron chi connectivity index (χ4n) is 4.79. The van der Waals surface area contributed by atoms with E-state index in [1.165, 1.54) is 12.1 Å². The second kappa shape index (κ2) is 9.53. The molecule has 2 aliphatic rings. The lowest BCUT2D eigenvalue weighted by molar-refractivity contribution is -0.137. The number of hydrogen-bond acceptors (Lipinski definition) is 4. The molecule has 2 fully saturated rings. The zero-order valence-corrected chi connectivity index (χ0v) is 20.2. The molecule has 2 heterocycles. The predicted octanol–water partition coefficient (Wildman–Crippen LogP) is 5.63. The Hall–Kier alpha value is -3.88. The van der Waals surface area contributed by atoms with E-state index in [0.29, 0.717) is 30.1 Å². The molecule has 3 aromatic rings. The average molecular weight is 510 g/mol. The first-order valence-electron chi connectivity index (χ1n) is 12.1. The van der Waals surface area contributed by atoms with Gasteiger partial charge in [-0.05, 0) is 91.8 Å². The summed E-state index contributed by atoms with van der Waals surface area (Å²) in [5.74, 6) is 0.450. The highest BCUT2D eigenvalue weighted by Crippen LogP contribution is 2.54. The Morgan fingerprint density at radius 3 is 2.16 bits per heavy atom. The van der Waals surface area contributed by atoms with E-state index in [1.54, 1.807) is 36.5 Å². The molecule has 1 saturated carbocycles. The quantitative estimate of drug-likeness (QED) is 0.484. The Bertz CT molecular complexity index is 1280. The van der Waals surface area contributed by atoms with Crippen molar-refractivity contribution in [3.63, 3.8) is 0 Å². The van der Waals surface area contributed by atoms with Gasteiger partial charge in [-0.25, -0.2) is 0 Å². The van der Waals surface area contributed by atoms with Gasteiger partial charge in [-0.15, -0.1) is 0 Å². The standard InChI is InChI=1S/C28H26F3N3O3/c1-18-2-11-23(32-17-18)25(35)33-24-16-27(24)12-14-34(15-13-27)26(36)19-3-7-21(8-4-19)37-22-9-5-20(6-10-22)28(29,30)31/h2-11,17,24H,12-16H2,1H3,(H,33,35). The molecule has 2 amide bonds. The van der Waals surface area contributed by atoms with E-state index < -0.39 is 11.7 Å². The third kappa shape index (κ3) is 5.45. The third-order valence-electron chi connectivity index (χ3n) is 7.20. The van der Waals surface area contributed by atoms with Crippen LogP contribution >= 0.6 is 0 Å². The van der Waals surface area contributed by atoms with Crippen LogP contribution in [-0.4, -0.2) is 40.8 Å². The molecule has 1 unspecified atom stereocenters. The average Bonchev–Trinajstić information content (AvgIpc) is 3.54. The zero-order chi connectivity index (χ0) is 26.2. The van der Waals surface area contributed by atoms with Crippen LogP contribution in [0.3, 0.4) is 0 Å². The molecule has 0 bridgehead atoms. The highest BCUT2D eigenvalue weighted by molar-refractivity contribution is 5.94. The monoisotopic (exact) mass is 509 g/mol. The minimum absolute atomic E-state index is 0.0382. The summed E-state index contributed by atoms with van der Waals surface area (Å²) in [7, 11) is 0. The highest BCUT2D eigenvalue weighted by atomic mass is 19.4. The van der Waals surface area contributed by atoms with Crippen LogP contribution < -0.4 is 10.1 Å². The van der Waals surface area contributed by atoms with Crippen LogP contribution in [0.25, 0.3) is 0 Å². The number of nitrogens with zero attached hydrogens (tertiary/aromatic N) is 2. The number of carbonyl (C=O) groups is 2. The molecule has 37 heavy (non-hydrogen) atoms. The summed E-state index contributed by atoms with van der Waals surface area (Å²) >= 11 is 0. The summed E-state index contributed by atoms with van der Waals surface area (Å²) in [5.41, 5.74) is 1.22. The van der Waals surface area contributed by atoms with Gasteiger partial charge in [0, 0.05) is 30.9 Å². The summed E-state index contributed by atoms with van der Waals surface area (Å²) in [4.78, 5) is 31.5. The molecule has 5 rings (SSSR count). The number of carbonyl (C=O) groups excluding carboxylic acids is 2. The SMILES string of the molecule is Cc1ccc(C(=O)NC2CC23CCN(C(=O)c2ccc(Oc4ccc(C(F)(F)F)cc4)cc2)CC3)nc1. The van der Waals surface area contributed by atoms with Crippen molar-refractivity contribution in [3.05, 3.63) is 89.2 Å². The maximum Gasteiger partial charge on any atom is 0.416 e. The Morgan fingerprint density at radius 1 is 0.973 bits per heavy atom. The van der Waals surface area contributed by atoms with E-state index in [1.807, 2.05) is 17.9 Å². The fraction of sp³-hybridized carbons (Fsp3) is 0.321. The van der Waals surface area contributed by atoms with Gasteiger partial charge in [-0.3, -0.25) is 14.6 Å². The second-order valence-electron chi connectivity index (χ2n) is 9.75. The van der Waals surface area contributed by atoms with Crippen LogP contribution in [0, 0.1) is 12.3 Å². The number of benzene rings is 2. The number of nitrogens with one attached hydrogen (secondary N) is 1. The largest absolute Gasteiger partial charge is 0.457 e. The summed E-state index contributed by atoms with van der Waals surface area (Å²) in [6.45, 7) is 3.14. The Morgan fingerprint density at radius 2 is 1.59 bits per heavy atom. The number of amides is 2. The van der Waals surface area contributed by atoms with E-state index in [4.69, 9.17) is 4.74 Å². The van der Waals surface area contributed by atoms with E-state index in [9.17, 15) is 22.8 Å². The maximum atomic E-state index is 13.0. The van der Waals surface area contributed by atoms with Crippen LogP contribution in [0.5, 0.6) is 11.5 Å². The molecule has 0 radical (unpaired) electrons. The predicted molar refractivity (Wildman–Crippen MR) is 130 cm³/mol. The Balaban J connectivity index is 1.12. The Kier molecular flexibility index (Phi) is 6.39. The number of ether oxygens (including phenoxy) is 1. The van der Waals surface area contributed by atoms with Gasteiger partial charge in [0.05, 0.1) is 5.56 Å². The molecule has 1 aliphatic heterocycles. The van der Waals surface area contributed by atoms with Crippen molar-refractivity contribution in [1.29, 1.82) is 0 Å². The van der Waals surface area contributed by atoms with Crippen LogP contribution in [-0.2, 0) is 6.18 Å². The number of piperidine rings is 1. The van der Waals surface area contributed by atoms with Crippen LogP contribution in [0.1, 0.15) is 51.2 Å². The molecule has 2 aromatic carbocycles. The number of likely N-dealkylation sites (tertiary alicyclic amines) is 1. The van der Waals surface area contributed by atoms with Gasteiger partial charge in [-0.1, -0.05) is 6.07 Å². The fourth-order valence-corrected chi connectivity index (χ4v) is 4.79. The summed E-state index contributed by atoms with van der Waals surface area (Å²) in [6, 6.07) is 14.7. The van der Waals surface area contributed by atoms with Gasteiger partial charge in [0.1, 0.15) is 17.2 Å².